The molecule has 1 heterocycles. The SMILES string of the molecule is O=C(O)C(F)(F)c1cc(C(F)(F)F)ccn1. The van der Waals surface area contributed by atoms with Gasteiger partial charge >= 0.3 is 18.1 Å². The quantitative estimate of drug-likeness (QED) is 0.808. The molecule has 1 N–H and O–H groups in total. The van der Waals surface area contributed by atoms with Gasteiger partial charge in [0.15, 0.2) is 0 Å². The minimum atomic E-state index is -4.83. The summed E-state index contributed by atoms with van der Waals surface area (Å²) in [6.45, 7) is 0. The Morgan fingerprint density at radius 2 is 1.81 bits per heavy atom. The molecular formula is C8H4F5NO2. The van der Waals surface area contributed by atoms with Crippen molar-refractivity contribution in [1.29, 1.82) is 0 Å². The molecule has 0 spiro atoms. The molecule has 0 unspecified atom stereocenters. The van der Waals surface area contributed by atoms with E-state index in [9.17, 15) is 26.7 Å². The predicted octanol–water partition coefficient (Wildman–Crippen LogP) is 2.28. The van der Waals surface area contributed by atoms with Crippen molar-refractivity contribution in [3.05, 3.63) is 29.6 Å². The third kappa shape index (κ3) is 2.26. The van der Waals surface area contributed by atoms with E-state index in [2.05, 4.69) is 4.98 Å². The maximum Gasteiger partial charge on any atom is 0.416 e. The number of carboxylic acid groups (broad SMARTS) is 1. The number of hydrogen-bond acceptors (Lipinski definition) is 2. The number of rotatable bonds is 2. The Labute approximate surface area is 85.5 Å². The first-order valence-electron chi connectivity index (χ1n) is 3.80. The second kappa shape index (κ2) is 3.69. The third-order valence-electron chi connectivity index (χ3n) is 1.68. The topological polar surface area (TPSA) is 50.2 Å². The lowest BCUT2D eigenvalue weighted by molar-refractivity contribution is -0.167. The fourth-order valence-electron chi connectivity index (χ4n) is 0.888. The van der Waals surface area contributed by atoms with E-state index in [0.29, 0.717) is 12.3 Å². The second-order valence-electron chi connectivity index (χ2n) is 2.81. The molecule has 16 heavy (non-hydrogen) atoms. The van der Waals surface area contributed by atoms with Crippen molar-refractivity contribution in [1.82, 2.24) is 4.98 Å². The van der Waals surface area contributed by atoms with Crippen molar-refractivity contribution in [2.75, 3.05) is 0 Å². The number of nitrogens with zero attached hydrogens (tertiary/aromatic N) is 1. The molecule has 88 valence electrons. The van der Waals surface area contributed by atoms with E-state index in [1.54, 1.807) is 0 Å². The van der Waals surface area contributed by atoms with Gasteiger partial charge in [0.1, 0.15) is 5.69 Å². The van der Waals surface area contributed by atoms with Gasteiger partial charge in [0.2, 0.25) is 0 Å². The first kappa shape index (κ1) is 12.3. The van der Waals surface area contributed by atoms with Crippen LogP contribution in [-0.4, -0.2) is 16.1 Å². The molecule has 0 aliphatic heterocycles. The predicted molar refractivity (Wildman–Crippen MR) is 40.8 cm³/mol. The smallest absolute Gasteiger partial charge is 0.416 e. The largest absolute Gasteiger partial charge is 0.476 e. The first-order valence-corrected chi connectivity index (χ1v) is 3.80. The molecule has 0 aromatic carbocycles. The molecule has 0 amide bonds. The van der Waals surface area contributed by atoms with Gasteiger partial charge in [0.05, 0.1) is 5.56 Å². The third-order valence-corrected chi connectivity index (χ3v) is 1.68. The van der Waals surface area contributed by atoms with Crippen LogP contribution in [0.4, 0.5) is 22.0 Å². The van der Waals surface area contributed by atoms with Crippen LogP contribution in [-0.2, 0) is 16.9 Å². The summed E-state index contributed by atoms with van der Waals surface area (Å²) in [6, 6.07) is 0.482. The van der Waals surface area contributed by atoms with E-state index >= 15 is 0 Å². The summed E-state index contributed by atoms with van der Waals surface area (Å²) in [6.07, 6.45) is -4.35. The van der Waals surface area contributed by atoms with E-state index in [1.807, 2.05) is 0 Å². The average Bonchev–Trinajstić information content (AvgIpc) is 2.16. The molecule has 3 nitrogen and oxygen atoms in total. The molecule has 1 aromatic rings. The monoisotopic (exact) mass is 241 g/mol. The molecule has 0 bridgehead atoms. The van der Waals surface area contributed by atoms with Crippen molar-refractivity contribution < 1.29 is 31.9 Å². The van der Waals surface area contributed by atoms with Crippen molar-refractivity contribution in [2.45, 2.75) is 12.1 Å². The molecule has 0 aliphatic carbocycles. The number of aromatic nitrogens is 1. The van der Waals surface area contributed by atoms with E-state index in [4.69, 9.17) is 5.11 Å². The highest BCUT2D eigenvalue weighted by molar-refractivity contribution is 5.76. The zero-order valence-corrected chi connectivity index (χ0v) is 7.42. The lowest BCUT2D eigenvalue weighted by Gasteiger charge is -2.12. The highest BCUT2D eigenvalue weighted by atomic mass is 19.4. The molecule has 0 saturated heterocycles. The highest BCUT2D eigenvalue weighted by Crippen LogP contribution is 2.33. The van der Waals surface area contributed by atoms with Crippen LogP contribution in [0.1, 0.15) is 11.3 Å². The lowest BCUT2D eigenvalue weighted by atomic mass is 10.1. The summed E-state index contributed by atoms with van der Waals surface area (Å²) >= 11 is 0. The number of halogens is 5. The molecule has 0 fully saturated rings. The summed E-state index contributed by atoms with van der Waals surface area (Å²) in [5, 5.41) is 8.12. The minimum absolute atomic E-state index is 0.00806. The number of alkyl halides is 5. The van der Waals surface area contributed by atoms with Gasteiger partial charge in [0, 0.05) is 6.20 Å². The van der Waals surface area contributed by atoms with Gasteiger partial charge in [-0.25, -0.2) is 4.79 Å². The van der Waals surface area contributed by atoms with Crippen molar-refractivity contribution in [2.24, 2.45) is 0 Å². The van der Waals surface area contributed by atoms with Gasteiger partial charge in [-0.2, -0.15) is 22.0 Å². The number of aliphatic carboxylic acids is 1. The Kier molecular flexibility index (Phi) is 2.85. The molecule has 0 saturated carbocycles. The van der Waals surface area contributed by atoms with Crippen LogP contribution >= 0.6 is 0 Å². The normalized spacial score (nSPS) is 12.6. The number of pyridine rings is 1. The molecule has 1 aromatic heterocycles. The van der Waals surface area contributed by atoms with E-state index in [1.165, 1.54) is 0 Å². The van der Waals surface area contributed by atoms with Gasteiger partial charge in [-0.1, -0.05) is 0 Å². The zero-order chi connectivity index (χ0) is 12.6. The Bertz CT molecular complexity index is 415. The van der Waals surface area contributed by atoms with Crippen molar-refractivity contribution in [3.63, 3.8) is 0 Å². The van der Waals surface area contributed by atoms with Gasteiger partial charge in [-0.3, -0.25) is 4.98 Å². The van der Waals surface area contributed by atoms with Gasteiger partial charge in [-0.05, 0) is 12.1 Å². The first-order chi connectivity index (χ1) is 7.15. The van der Waals surface area contributed by atoms with Crippen molar-refractivity contribution >= 4 is 5.97 Å². The van der Waals surface area contributed by atoms with Crippen LogP contribution in [0.15, 0.2) is 18.3 Å². The second-order valence-corrected chi connectivity index (χ2v) is 2.81. The Morgan fingerprint density at radius 3 is 2.25 bits per heavy atom. The maximum atomic E-state index is 12.8. The van der Waals surface area contributed by atoms with Gasteiger partial charge in [-0.15, -0.1) is 0 Å². The molecule has 0 aliphatic rings. The Balaban J connectivity index is 3.23. The minimum Gasteiger partial charge on any atom is -0.476 e. The summed E-state index contributed by atoms with van der Waals surface area (Å²) in [5.74, 6) is -7.00. The van der Waals surface area contributed by atoms with E-state index in [-0.39, 0.29) is 6.07 Å². The molecule has 8 heteroatoms. The standard InChI is InChI=1S/C8H4F5NO2/c9-7(10,6(15)16)5-3-4(1-2-14-5)8(11,12)13/h1-3H,(H,15,16). The Morgan fingerprint density at radius 1 is 1.25 bits per heavy atom. The Hall–Kier alpha value is -1.73. The summed E-state index contributed by atoms with van der Waals surface area (Å²) in [7, 11) is 0. The number of carbonyl (C=O) groups is 1. The lowest BCUT2D eigenvalue weighted by Crippen LogP contribution is -2.27. The number of carboxylic acids is 1. The van der Waals surface area contributed by atoms with Crippen LogP contribution in [0.25, 0.3) is 0 Å². The van der Waals surface area contributed by atoms with Gasteiger partial charge < -0.3 is 5.11 Å². The fraction of sp³-hybridized carbons (Fsp3) is 0.250. The highest BCUT2D eigenvalue weighted by Gasteiger charge is 2.44. The number of hydrogen-bond donors (Lipinski definition) is 1. The van der Waals surface area contributed by atoms with Crippen LogP contribution in [0, 0.1) is 0 Å². The molecular weight excluding hydrogens is 237 g/mol. The summed E-state index contributed by atoms with van der Waals surface area (Å²) < 4.78 is 62.0. The summed E-state index contributed by atoms with van der Waals surface area (Å²) in [5.41, 5.74) is -2.83. The molecule has 0 radical (unpaired) electrons. The van der Waals surface area contributed by atoms with Crippen LogP contribution in [0.5, 0.6) is 0 Å². The van der Waals surface area contributed by atoms with Crippen LogP contribution < -0.4 is 0 Å². The van der Waals surface area contributed by atoms with Crippen LogP contribution in [0.2, 0.25) is 0 Å². The van der Waals surface area contributed by atoms with E-state index in [0.717, 1.165) is 0 Å². The molecule has 0 atom stereocenters. The fourth-order valence-corrected chi connectivity index (χ4v) is 0.888. The summed E-state index contributed by atoms with van der Waals surface area (Å²) in [4.78, 5) is 13.0. The van der Waals surface area contributed by atoms with Gasteiger partial charge in [0.25, 0.3) is 0 Å². The van der Waals surface area contributed by atoms with Crippen molar-refractivity contribution in [3.8, 4) is 0 Å². The zero-order valence-electron chi connectivity index (χ0n) is 7.42. The average molecular weight is 241 g/mol. The maximum absolute atomic E-state index is 12.8. The van der Waals surface area contributed by atoms with E-state index < -0.39 is 29.3 Å². The molecule has 1 rings (SSSR count). The van der Waals surface area contributed by atoms with Crippen LogP contribution in [0.3, 0.4) is 0 Å².